The molecule has 5 heteroatoms. The van der Waals surface area contributed by atoms with Gasteiger partial charge in [-0.15, -0.1) is 0 Å². The molecule has 1 rings (SSSR count). The molecule has 0 radical (unpaired) electrons. The van der Waals surface area contributed by atoms with E-state index in [-0.39, 0.29) is 0 Å². The fraction of sp³-hybridized carbons (Fsp3) is 0.429. The number of hydrogen-bond donors (Lipinski definition) is 3. The molecule has 0 unspecified atom stereocenters. The van der Waals surface area contributed by atoms with E-state index in [0.29, 0.717) is 0 Å². The van der Waals surface area contributed by atoms with Crippen LogP contribution >= 0.6 is 0 Å². The van der Waals surface area contributed by atoms with E-state index < -0.39 is 0 Å². The topological polar surface area (TPSA) is 91.0 Å². The Kier molecular flexibility index (Phi) is 46.1. The summed E-state index contributed by atoms with van der Waals surface area (Å²) in [7, 11) is 4.50. The summed E-state index contributed by atoms with van der Waals surface area (Å²) >= 11 is 0. The number of nitrogens with zero attached hydrogens (tertiary/aromatic N) is 1. The molecule has 12 heavy (non-hydrogen) atoms. The SMILES string of the molecule is CN.CN.CN.b1ccncc1. The van der Waals surface area contributed by atoms with Crippen LogP contribution in [0.15, 0.2) is 24.3 Å². The predicted octanol–water partition coefficient (Wildman–Crippen LogP) is -0.856. The van der Waals surface area contributed by atoms with Gasteiger partial charge in [0.05, 0.1) is 0 Å². The summed E-state index contributed by atoms with van der Waals surface area (Å²) in [5.74, 6) is 3.78. The second-order valence-corrected chi connectivity index (χ2v) is 1.02. The first-order valence-corrected chi connectivity index (χ1v) is 3.58. The van der Waals surface area contributed by atoms with E-state index in [9.17, 15) is 0 Å². The molecule has 0 spiro atoms. The van der Waals surface area contributed by atoms with Crippen LogP contribution in [0.25, 0.3) is 0 Å². The van der Waals surface area contributed by atoms with E-state index in [1.54, 1.807) is 12.4 Å². The first-order chi connectivity index (χ1) is 6.00. The Morgan fingerprint density at radius 1 is 0.833 bits per heavy atom. The Labute approximate surface area is 75.4 Å². The van der Waals surface area contributed by atoms with Gasteiger partial charge in [0.2, 0.25) is 0 Å². The molecule has 0 aliphatic carbocycles. The maximum atomic E-state index is 4.50. The van der Waals surface area contributed by atoms with E-state index in [4.69, 9.17) is 0 Å². The molecular formula is C7H19BN4. The zero-order chi connectivity index (χ0) is 10.2. The number of rotatable bonds is 0. The van der Waals surface area contributed by atoms with Gasteiger partial charge in [0, 0.05) is 0 Å². The third-order valence-corrected chi connectivity index (χ3v) is 0.566. The minimum atomic E-state index is 1.50. The van der Waals surface area contributed by atoms with Crippen molar-refractivity contribution < 1.29 is 0 Å². The van der Waals surface area contributed by atoms with Crippen molar-refractivity contribution in [3.63, 3.8) is 0 Å². The molecule has 1 aromatic rings. The van der Waals surface area contributed by atoms with Gasteiger partial charge in [0.15, 0.2) is 0 Å². The Bertz CT molecular complexity index is 87.3. The molecule has 0 atom stereocenters. The Morgan fingerprint density at radius 2 is 1.17 bits per heavy atom. The van der Waals surface area contributed by atoms with Crippen LogP contribution in [-0.4, -0.2) is 33.0 Å². The Morgan fingerprint density at radius 3 is 1.25 bits per heavy atom. The van der Waals surface area contributed by atoms with Crippen LogP contribution in [0, 0.1) is 0 Å². The zero-order valence-electron chi connectivity index (χ0n) is 8.07. The van der Waals surface area contributed by atoms with Gasteiger partial charge in [-0.05, 0) is 21.1 Å². The molecule has 0 aliphatic heterocycles. The number of aromatic nitrogens is 1. The predicted molar refractivity (Wildman–Crippen MR) is 55.9 cm³/mol. The van der Waals surface area contributed by atoms with Crippen molar-refractivity contribution in [3.8, 4) is 0 Å². The van der Waals surface area contributed by atoms with Gasteiger partial charge in [-0.1, -0.05) is 0 Å². The normalized spacial score (nSPS) is 5.17. The van der Waals surface area contributed by atoms with Crippen molar-refractivity contribution in [3.05, 3.63) is 24.3 Å². The minimum absolute atomic E-state index is 1.50. The fourth-order valence-corrected chi connectivity index (χ4v) is 0.313. The van der Waals surface area contributed by atoms with Gasteiger partial charge < -0.3 is 17.2 Å². The second-order valence-electron chi connectivity index (χ2n) is 1.02. The fourth-order valence-electron chi connectivity index (χ4n) is 0.313. The van der Waals surface area contributed by atoms with Gasteiger partial charge in [-0.25, -0.2) is 0 Å². The van der Waals surface area contributed by atoms with Gasteiger partial charge in [0.25, 0.3) is 0 Å². The molecule has 0 aliphatic rings. The summed E-state index contributed by atoms with van der Waals surface area (Å²) in [5.41, 5.74) is 13.5. The second kappa shape index (κ2) is 31.9. The van der Waals surface area contributed by atoms with E-state index in [1.807, 2.05) is 18.8 Å². The molecule has 0 saturated heterocycles. The molecule has 1 heterocycles. The molecule has 0 bridgehead atoms. The molecule has 0 amide bonds. The van der Waals surface area contributed by atoms with Crippen molar-refractivity contribution in [1.29, 1.82) is 0 Å². The van der Waals surface area contributed by atoms with Crippen LogP contribution in [0.3, 0.4) is 0 Å². The molecule has 0 aromatic carbocycles. The van der Waals surface area contributed by atoms with Crippen LogP contribution in [0.1, 0.15) is 0 Å². The molecule has 1 aromatic heterocycles. The summed E-state index contributed by atoms with van der Waals surface area (Å²) in [6, 6.07) is 0. The molecule has 70 valence electrons. The first kappa shape index (κ1) is 17.3. The first-order valence-electron chi connectivity index (χ1n) is 3.58. The summed E-state index contributed by atoms with van der Waals surface area (Å²) in [6.45, 7) is 1.94. The van der Waals surface area contributed by atoms with Crippen LogP contribution in [0.4, 0.5) is 0 Å². The standard InChI is InChI=1S/C4H4BN.3CH5N/c1-3-6-4-2-5-1;3*1-2/h1-4H;3*2H2,1H3. The summed E-state index contributed by atoms with van der Waals surface area (Å²) in [5, 5.41) is 0. The molecule has 0 fully saturated rings. The molecule has 4 nitrogen and oxygen atoms in total. The summed E-state index contributed by atoms with van der Waals surface area (Å²) in [6.07, 6.45) is 3.50. The van der Waals surface area contributed by atoms with Gasteiger partial charge >= 0.3 is 36.2 Å². The molecular weight excluding hydrogens is 151 g/mol. The summed E-state index contributed by atoms with van der Waals surface area (Å²) in [4.78, 5) is 3.78. The number of nitrogens with two attached hydrogens (primary N) is 3. The van der Waals surface area contributed by atoms with E-state index in [1.165, 1.54) is 21.1 Å². The third kappa shape index (κ3) is 22.9. The average Bonchev–Trinajstić information content (AvgIpc) is 2.29. The Balaban J connectivity index is -0.000000117. The maximum absolute atomic E-state index is 4.50. The van der Waals surface area contributed by atoms with Crippen LogP contribution in [-0.2, 0) is 0 Å². The monoisotopic (exact) mass is 170 g/mol. The zero-order valence-corrected chi connectivity index (χ0v) is 8.07. The van der Waals surface area contributed by atoms with Crippen LogP contribution in [0.2, 0.25) is 0 Å². The van der Waals surface area contributed by atoms with Crippen molar-refractivity contribution in [2.24, 2.45) is 17.2 Å². The summed E-state index contributed by atoms with van der Waals surface area (Å²) < 4.78 is 0. The van der Waals surface area contributed by atoms with Gasteiger partial charge in [0.1, 0.15) is 0 Å². The van der Waals surface area contributed by atoms with Crippen molar-refractivity contribution >= 4 is 6.91 Å². The number of hydrogen-bond acceptors (Lipinski definition) is 4. The molecule has 6 N–H and O–H groups in total. The van der Waals surface area contributed by atoms with E-state index >= 15 is 0 Å². The van der Waals surface area contributed by atoms with Crippen LogP contribution in [0.5, 0.6) is 0 Å². The molecule has 0 saturated carbocycles. The quantitative estimate of drug-likeness (QED) is 0.472. The van der Waals surface area contributed by atoms with Crippen molar-refractivity contribution in [2.45, 2.75) is 0 Å². The third-order valence-electron chi connectivity index (χ3n) is 0.566. The van der Waals surface area contributed by atoms with E-state index in [0.717, 1.165) is 0 Å². The van der Waals surface area contributed by atoms with Gasteiger partial charge in [-0.2, -0.15) is 0 Å². The average molecular weight is 170 g/mol. The van der Waals surface area contributed by atoms with Gasteiger partial charge in [-0.3, -0.25) is 0 Å². The van der Waals surface area contributed by atoms with Crippen LogP contribution < -0.4 is 17.2 Å². The van der Waals surface area contributed by atoms with Crippen molar-refractivity contribution in [1.82, 2.24) is 4.98 Å². The Hall–Kier alpha value is -0.775. The van der Waals surface area contributed by atoms with E-state index in [2.05, 4.69) is 22.2 Å². The van der Waals surface area contributed by atoms with Crippen molar-refractivity contribution in [2.75, 3.05) is 21.1 Å².